The summed E-state index contributed by atoms with van der Waals surface area (Å²) in [6.45, 7) is 0.114. The van der Waals surface area contributed by atoms with Crippen LogP contribution in [0.5, 0.6) is 0 Å². The highest BCUT2D eigenvalue weighted by molar-refractivity contribution is 5.17. The second-order valence-electron chi connectivity index (χ2n) is 4.04. The predicted octanol–water partition coefficient (Wildman–Crippen LogP) is 0.757. The van der Waals surface area contributed by atoms with Crippen LogP contribution in [-0.2, 0) is 0 Å². The van der Waals surface area contributed by atoms with Gasteiger partial charge in [-0.15, -0.1) is 0 Å². The molecule has 2 unspecified atom stereocenters. The molecule has 0 aliphatic heterocycles. The van der Waals surface area contributed by atoms with E-state index in [0.29, 0.717) is 11.5 Å². The van der Waals surface area contributed by atoms with Crippen LogP contribution in [0, 0.1) is 0 Å². The Morgan fingerprint density at radius 2 is 2.10 bits per heavy atom. The van der Waals surface area contributed by atoms with E-state index in [1.165, 1.54) is 12.4 Å². The molecule has 2 heterocycles. The molecule has 2 rings (SSSR count). The summed E-state index contributed by atoms with van der Waals surface area (Å²) in [6, 6.07) is 0. The summed E-state index contributed by atoms with van der Waals surface area (Å²) >= 11 is 0. The Labute approximate surface area is 114 Å². The van der Waals surface area contributed by atoms with Crippen LogP contribution in [-0.4, -0.2) is 42.4 Å². The lowest BCUT2D eigenvalue weighted by Gasteiger charge is -2.16. The number of aliphatic hydroxyl groups excluding tert-OH is 2. The Bertz CT molecular complexity index is 577. The lowest BCUT2D eigenvalue weighted by molar-refractivity contribution is 0.0146. The van der Waals surface area contributed by atoms with Crippen LogP contribution in [0.3, 0.4) is 0 Å². The third-order valence-electron chi connectivity index (χ3n) is 2.69. The van der Waals surface area contributed by atoms with Gasteiger partial charge in [0.2, 0.25) is 5.95 Å². The molecule has 104 valence electrons. The Balaban J connectivity index is 2.03. The van der Waals surface area contributed by atoms with E-state index >= 15 is 0 Å². The van der Waals surface area contributed by atoms with E-state index < -0.39 is 12.2 Å². The van der Waals surface area contributed by atoms with Crippen molar-refractivity contribution in [3.05, 3.63) is 47.1 Å². The van der Waals surface area contributed by atoms with Gasteiger partial charge in [0.25, 0.3) is 0 Å². The van der Waals surface area contributed by atoms with Crippen molar-refractivity contribution in [2.75, 3.05) is 6.54 Å². The van der Waals surface area contributed by atoms with Crippen molar-refractivity contribution in [1.29, 1.82) is 0 Å². The number of aromatic nitrogens is 4. The minimum atomic E-state index is -1.12. The lowest BCUT2D eigenvalue weighted by atomic mass is 10.1. The number of azide groups is 1. The zero-order chi connectivity index (χ0) is 14.4. The van der Waals surface area contributed by atoms with Crippen LogP contribution < -0.4 is 0 Å². The number of imidazole rings is 1. The van der Waals surface area contributed by atoms with E-state index in [1.54, 1.807) is 23.3 Å². The summed E-state index contributed by atoms with van der Waals surface area (Å²) in [6.07, 6.45) is 5.72. The molecular weight excluding hydrogens is 262 g/mol. The van der Waals surface area contributed by atoms with E-state index in [-0.39, 0.29) is 13.0 Å². The summed E-state index contributed by atoms with van der Waals surface area (Å²) in [4.78, 5) is 14.6. The lowest BCUT2D eigenvalue weighted by Crippen LogP contribution is -2.19. The molecule has 0 bridgehead atoms. The van der Waals surface area contributed by atoms with Crippen molar-refractivity contribution in [3.63, 3.8) is 0 Å². The van der Waals surface area contributed by atoms with Crippen LogP contribution in [0.4, 0.5) is 0 Å². The highest BCUT2D eigenvalue weighted by Gasteiger charge is 2.18. The highest BCUT2D eigenvalue weighted by atomic mass is 16.3. The number of nitrogens with zero attached hydrogens (tertiary/aromatic N) is 7. The summed E-state index contributed by atoms with van der Waals surface area (Å²) in [5.41, 5.74) is 8.53. The first-order valence-electron chi connectivity index (χ1n) is 5.89. The van der Waals surface area contributed by atoms with Crippen molar-refractivity contribution >= 4 is 0 Å². The fourth-order valence-corrected chi connectivity index (χ4v) is 1.61. The Morgan fingerprint density at radius 3 is 2.70 bits per heavy atom. The second kappa shape index (κ2) is 6.62. The third-order valence-corrected chi connectivity index (χ3v) is 2.69. The second-order valence-corrected chi connectivity index (χ2v) is 4.04. The fraction of sp³-hybridized carbons (Fsp3) is 0.364. The van der Waals surface area contributed by atoms with E-state index in [9.17, 15) is 10.2 Å². The highest BCUT2D eigenvalue weighted by Crippen LogP contribution is 2.17. The largest absolute Gasteiger partial charge is 0.390 e. The van der Waals surface area contributed by atoms with Gasteiger partial charge in [-0.3, -0.25) is 4.57 Å². The molecule has 0 aromatic carbocycles. The number of hydrogen-bond donors (Lipinski definition) is 2. The molecule has 0 saturated carbocycles. The van der Waals surface area contributed by atoms with Crippen molar-refractivity contribution in [1.82, 2.24) is 19.5 Å². The molecule has 20 heavy (non-hydrogen) atoms. The van der Waals surface area contributed by atoms with Crippen LogP contribution in [0.2, 0.25) is 0 Å². The Morgan fingerprint density at radius 1 is 1.35 bits per heavy atom. The smallest absolute Gasteiger partial charge is 0.234 e. The number of rotatable bonds is 6. The van der Waals surface area contributed by atoms with Crippen LogP contribution >= 0.6 is 0 Å². The molecule has 0 radical (unpaired) electrons. The van der Waals surface area contributed by atoms with E-state index in [0.717, 1.165) is 0 Å². The van der Waals surface area contributed by atoms with Crippen LogP contribution in [0.25, 0.3) is 16.4 Å². The fourth-order valence-electron chi connectivity index (χ4n) is 1.61. The zero-order valence-electron chi connectivity index (χ0n) is 10.5. The average Bonchev–Trinajstić information content (AvgIpc) is 3.01. The molecule has 0 amide bonds. The summed E-state index contributed by atoms with van der Waals surface area (Å²) in [7, 11) is 0. The third kappa shape index (κ3) is 3.29. The van der Waals surface area contributed by atoms with Crippen LogP contribution in [0.15, 0.2) is 36.2 Å². The van der Waals surface area contributed by atoms with Crippen molar-refractivity contribution in [3.8, 4) is 5.95 Å². The molecule has 2 aromatic rings. The molecule has 9 nitrogen and oxygen atoms in total. The van der Waals surface area contributed by atoms with E-state index in [4.69, 9.17) is 5.53 Å². The topological polar surface area (TPSA) is 133 Å². The van der Waals surface area contributed by atoms with E-state index in [1.807, 2.05) is 0 Å². The standard InChI is InChI=1S/C11H13N7O2/c12-17-16-2-1-9(19)10(20)8-5-14-11(15-6-8)18-4-3-13-7-18/h3-7,9-10,19-20H,1-2H2. The molecule has 0 spiro atoms. The van der Waals surface area contributed by atoms with Gasteiger partial charge in [-0.1, -0.05) is 5.11 Å². The van der Waals surface area contributed by atoms with Gasteiger partial charge in [0.05, 0.1) is 6.10 Å². The Hall–Kier alpha value is -2.48. The monoisotopic (exact) mass is 275 g/mol. The zero-order valence-corrected chi connectivity index (χ0v) is 10.5. The summed E-state index contributed by atoms with van der Waals surface area (Å²) < 4.78 is 1.62. The average molecular weight is 275 g/mol. The number of hydrogen-bond acceptors (Lipinski definition) is 6. The van der Waals surface area contributed by atoms with E-state index in [2.05, 4.69) is 25.0 Å². The molecule has 2 aromatic heterocycles. The van der Waals surface area contributed by atoms with Crippen LogP contribution in [0.1, 0.15) is 18.1 Å². The van der Waals surface area contributed by atoms with Gasteiger partial charge in [-0.25, -0.2) is 15.0 Å². The first-order valence-corrected chi connectivity index (χ1v) is 5.89. The maximum Gasteiger partial charge on any atom is 0.234 e. The minimum Gasteiger partial charge on any atom is -0.390 e. The van der Waals surface area contributed by atoms with Gasteiger partial charge >= 0.3 is 0 Å². The molecular formula is C11H13N7O2. The van der Waals surface area contributed by atoms with Gasteiger partial charge in [0, 0.05) is 41.8 Å². The van der Waals surface area contributed by atoms with Gasteiger partial charge in [-0.2, -0.15) is 0 Å². The molecule has 0 aliphatic rings. The summed E-state index contributed by atoms with van der Waals surface area (Å²) in [5.74, 6) is 0.419. The van der Waals surface area contributed by atoms with Gasteiger partial charge in [0.15, 0.2) is 0 Å². The maximum absolute atomic E-state index is 9.93. The maximum atomic E-state index is 9.93. The minimum absolute atomic E-state index is 0.114. The van der Waals surface area contributed by atoms with Crippen molar-refractivity contribution in [2.45, 2.75) is 18.6 Å². The molecule has 2 N–H and O–H groups in total. The summed E-state index contributed by atoms with van der Waals surface area (Å²) in [5, 5.41) is 23.0. The van der Waals surface area contributed by atoms with Crippen molar-refractivity contribution in [2.24, 2.45) is 5.11 Å². The normalized spacial score (nSPS) is 13.5. The molecule has 0 saturated heterocycles. The number of aliphatic hydroxyl groups is 2. The SMILES string of the molecule is [N-]=[N+]=NCCC(O)C(O)c1cnc(-n2ccnc2)nc1. The van der Waals surface area contributed by atoms with Crippen molar-refractivity contribution < 1.29 is 10.2 Å². The molecule has 0 fully saturated rings. The van der Waals surface area contributed by atoms with Gasteiger partial charge in [-0.05, 0) is 12.0 Å². The van der Waals surface area contributed by atoms with Gasteiger partial charge < -0.3 is 10.2 Å². The van der Waals surface area contributed by atoms with Gasteiger partial charge in [0.1, 0.15) is 12.4 Å². The molecule has 2 atom stereocenters. The molecule has 0 aliphatic carbocycles. The Kier molecular flexibility index (Phi) is 4.61. The first kappa shape index (κ1) is 13.9. The first-order chi connectivity index (χ1) is 9.72. The predicted molar refractivity (Wildman–Crippen MR) is 68.8 cm³/mol. The quantitative estimate of drug-likeness (QED) is 0.456. The molecule has 9 heteroatoms.